The Morgan fingerprint density at radius 1 is 1.20 bits per heavy atom. The van der Waals surface area contributed by atoms with Crippen molar-refractivity contribution < 1.29 is 9.53 Å². The first-order valence-electron chi connectivity index (χ1n) is 4.02. The lowest BCUT2D eigenvalue weighted by Crippen LogP contribution is -2.20. The van der Waals surface area contributed by atoms with E-state index in [4.69, 9.17) is 4.74 Å². The van der Waals surface area contributed by atoms with E-state index in [1.807, 2.05) is 0 Å². The minimum Gasteiger partial charge on any atom is -0.369 e. The highest BCUT2D eigenvalue weighted by atomic mass is 16.6. The maximum atomic E-state index is 11.0. The van der Waals surface area contributed by atoms with Gasteiger partial charge in [0.15, 0.2) is 0 Å². The van der Waals surface area contributed by atoms with Crippen LogP contribution < -0.4 is 0 Å². The van der Waals surface area contributed by atoms with Crippen LogP contribution in [-0.4, -0.2) is 18.0 Å². The molecule has 1 heterocycles. The van der Waals surface area contributed by atoms with Gasteiger partial charge in [0.1, 0.15) is 5.78 Å². The van der Waals surface area contributed by atoms with Crippen LogP contribution in [0.5, 0.6) is 0 Å². The summed E-state index contributed by atoms with van der Waals surface area (Å²) >= 11 is 0. The van der Waals surface area contributed by atoms with Gasteiger partial charge in [-0.15, -0.1) is 0 Å². The SMILES string of the molecule is O=C1CC2CC(C1)C1OC21. The van der Waals surface area contributed by atoms with Crippen molar-refractivity contribution in [1.82, 2.24) is 0 Å². The fourth-order valence-corrected chi connectivity index (χ4v) is 2.62. The molecule has 54 valence electrons. The fourth-order valence-electron chi connectivity index (χ4n) is 2.62. The normalized spacial score (nSPS) is 56.6. The molecule has 0 aromatic rings. The number of ketones is 1. The Hall–Kier alpha value is -0.370. The van der Waals surface area contributed by atoms with Crippen LogP contribution in [0, 0.1) is 11.8 Å². The number of carbonyl (C=O) groups is 1. The third-order valence-corrected chi connectivity index (χ3v) is 3.08. The number of fused-ring (bicyclic) bond motifs is 5. The molecule has 3 rings (SSSR count). The van der Waals surface area contributed by atoms with Crippen LogP contribution in [0.25, 0.3) is 0 Å². The highest BCUT2D eigenvalue weighted by Crippen LogP contribution is 2.52. The van der Waals surface area contributed by atoms with Crippen LogP contribution in [0.4, 0.5) is 0 Å². The van der Waals surface area contributed by atoms with Crippen molar-refractivity contribution in [2.24, 2.45) is 11.8 Å². The molecule has 1 aliphatic heterocycles. The second-order valence-corrected chi connectivity index (χ2v) is 3.77. The third-order valence-electron chi connectivity index (χ3n) is 3.08. The zero-order chi connectivity index (χ0) is 6.72. The quantitative estimate of drug-likeness (QED) is 0.462. The number of carbonyl (C=O) groups excluding carboxylic acids is 1. The summed E-state index contributed by atoms with van der Waals surface area (Å²) in [5, 5.41) is 0. The first-order valence-corrected chi connectivity index (χ1v) is 4.02. The summed E-state index contributed by atoms with van der Waals surface area (Å²) in [5.41, 5.74) is 0. The molecule has 1 saturated heterocycles. The molecule has 2 heteroatoms. The van der Waals surface area contributed by atoms with Gasteiger partial charge in [0.05, 0.1) is 12.2 Å². The monoisotopic (exact) mass is 138 g/mol. The van der Waals surface area contributed by atoms with Crippen molar-refractivity contribution >= 4 is 5.78 Å². The van der Waals surface area contributed by atoms with Crippen LogP contribution >= 0.6 is 0 Å². The molecule has 3 fully saturated rings. The summed E-state index contributed by atoms with van der Waals surface area (Å²) < 4.78 is 5.42. The van der Waals surface area contributed by atoms with E-state index in [2.05, 4.69) is 0 Å². The molecule has 0 N–H and O–H groups in total. The smallest absolute Gasteiger partial charge is 0.133 e. The van der Waals surface area contributed by atoms with Crippen molar-refractivity contribution in [3.05, 3.63) is 0 Å². The first kappa shape index (κ1) is 5.30. The Bertz CT molecular complexity index is 181. The number of hydrogen-bond donors (Lipinski definition) is 0. The predicted molar refractivity (Wildman–Crippen MR) is 34.5 cm³/mol. The van der Waals surface area contributed by atoms with Gasteiger partial charge in [-0.25, -0.2) is 0 Å². The van der Waals surface area contributed by atoms with Gasteiger partial charge in [0, 0.05) is 12.8 Å². The molecule has 0 aromatic heterocycles. The molecule has 0 amide bonds. The predicted octanol–water partition coefficient (Wildman–Crippen LogP) is 0.753. The lowest BCUT2D eigenvalue weighted by atomic mass is 9.87. The van der Waals surface area contributed by atoms with E-state index in [0.29, 0.717) is 29.8 Å². The zero-order valence-corrected chi connectivity index (χ0v) is 5.75. The number of epoxide rings is 1. The molecular formula is C8H10O2. The number of Topliss-reactive ketones (excluding diaryl/α,β-unsaturated/α-hetero) is 1. The molecule has 3 aliphatic rings. The number of ether oxygens (including phenoxy) is 1. The zero-order valence-electron chi connectivity index (χ0n) is 5.75. The summed E-state index contributed by atoms with van der Waals surface area (Å²) in [7, 11) is 0. The van der Waals surface area contributed by atoms with Crippen molar-refractivity contribution in [3.8, 4) is 0 Å². The van der Waals surface area contributed by atoms with E-state index in [1.165, 1.54) is 6.42 Å². The summed E-state index contributed by atoms with van der Waals surface area (Å²) in [6, 6.07) is 0. The van der Waals surface area contributed by atoms with Crippen LogP contribution in [0.15, 0.2) is 0 Å². The van der Waals surface area contributed by atoms with Gasteiger partial charge < -0.3 is 4.74 Å². The van der Waals surface area contributed by atoms with Crippen molar-refractivity contribution in [1.29, 1.82) is 0 Å². The van der Waals surface area contributed by atoms with Gasteiger partial charge in [-0.05, 0) is 18.3 Å². The molecule has 2 saturated carbocycles. The van der Waals surface area contributed by atoms with E-state index >= 15 is 0 Å². The van der Waals surface area contributed by atoms with Crippen LogP contribution in [0.1, 0.15) is 19.3 Å². The molecule has 2 bridgehead atoms. The molecule has 2 nitrogen and oxygen atoms in total. The molecule has 4 unspecified atom stereocenters. The Kier molecular flexibility index (Phi) is 0.768. The molecule has 0 spiro atoms. The van der Waals surface area contributed by atoms with Crippen LogP contribution in [0.2, 0.25) is 0 Å². The molecule has 4 atom stereocenters. The van der Waals surface area contributed by atoms with Crippen molar-refractivity contribution in [2.45, 2.75) is 31.5 Å². The van der Waals surface area contributed by atoms with Crippen LogP contribution in [-0.2, 0) is 9.53 Å². The van der Waals surface area contributed by atoms with Gasteiger partial charge in [0.2, 0.25) is 0 Å². The van der Waals surface area contributed by atoms with E-state index < -0.39 is 0 Å². The minimum absolute atomic E-state index is 0.469. The van der Waals surface area contributed by atoms with Gasteiger partial charge in [-0.3, -0.25) is 4.79 Å². The number of rotatable bonds is 0. The molecule has 0 aromatic carbocycles. The van der Waals surface area contributed by atoms with E-state index in [1.54, 1.807) is 0 Å². The summed E-state index contributed by atoms with van der Waals surface area (Å²) in [6.45, 7) is 0. The summed E-state index contributed by atoms with van der Waals surface area (Å²) in [6.07, 6.45) is 3.86. The van der Waals surface area contributed by atoms with E-state index in [9.17, 15) is 4.79 Å². The Morgan fingerprint density at radius 2 is 1.80 bits per heavy atom. The molecule has 10 heavy (non-hydrogen) atoms. The van der Waals surface area contributed by atoms with Crippen molar-refractivity contribution in [2.75, 3.05) is 0 Å². The topological polar surface area (TPSA) is 29.6 Å². The number of hydrogen-bond acceptors (Lipinski definition) is 2. The molecule has 0 radical (unpaired) electrons. The fraction of sp³-hybridized carbons (Fsp3) is 0.875. The minimum atomic E-state index is 0.469. The average molecular weight is 138 g/mol. The summed E-state index contributed by atoms with van der Waals surface area (Å²) in [5.74, 6) is 1.68. The van der Waals surface area contributed by atoms with Gasteiger partial charge in [-0.1, -0.05) is 0 Å². The molecule has 2 aliphatic carbocycles. The first-order chi connectivity index (χ1) is 4.84. The Labute approximate surface area is 59.6 Å². The van der Waals surface area contributed by atoms with E-state index in [0.717, 1.165) is 12.8 Å². The highest BCUT2D eigenvalue weighted by molar-refractivity contribution is 5.80. The maximum Gasteiger partial charge on any atom is 0.133 e. The second-order valence-electron chi connectivity index (χ2n) is 3.77. The van der Waals surface area contributed by atoms with Gasteiger partial charge >= 0.3 is 0 Å². The standard InChI is InChI=1S/C8H10O2/c9-6-2-4-1-5(3-6)8-7(4)10-8/h4-5,7-8H,1-3H2. The van der Waals surface area contributed by atoms with E-state index in [-0.39, 0.29) is 0 Å². The van der Waals surface area contributed by atoms with Crippen molar-refractivity contribution in [3.63, 3.8) is 0 Å². The lowest BCUT2D eigenvalue weighted by Gasteiger charge is -2.20. The van der Waals surface area contributed by atoms with Gasteiger partial charge in [0.25, 0.3) is 0 Å². The summed E-state index contributed by atoms with van der Waals surface area (Å²) in [4.78, 5) is 11.0. The highest BCUT2D eigenvalue weighted by Gasteiger charge is 2.58. The second kappa shape index (κ2) is 1.45. The Morgan fingerprint density at radius 3 is 2.40 bits per heavy atom. The lowest BCUT2D eigenvalue weighted by molar-refractivity contribution is -0.123. The van der Waals surface area contributed by atoms with Gasteiger partial charge in [-0.2, -0.15) is 0 Å². The third kappa shape index (κ3) is 0.511. The van der Waals surface area contributed by atoms with Crippen LogP contribution in [0.3, 0.4) is 0 Å². The molecular weight excluding hydrogens is 128 g/mol. The Balaban J connectivity index is 1.93. The maximum absolute atomic E-state index is 11.0. The largest absolute Gasteiger partial charge is 0.369 e. The average Bonchev–Trinajstić information content (AvgIpc) is 2.59.